The number of ether oxygens (including phenoxy) is 3. The highest BCUT2D eigenvalue weighted by Crippen LogP contribution is 2.30. The van der Waals surface area contributed by atoms with Gasteiger partial charge in [-0.2, -0.15) is 0 Å². The van der Waals surface area contributed by atoms with E-state index in [2.05, 4.69) is 26.6 Å². The normalized spacial score (nSPS) is 17.1. The Balaban J connectivity index is 1.58. The van der Waals surface area contributed by atoms with Gasteiger partial charge < -0.3 is 55.7 Å². The van der Waals surface area contributed by atoms with Crippen molar-refractivity contribution in [2.75, 3.05) is 53.3 Å². The lowest BCUT2D eigenvalue weighted by atomic mass is 9.90. The van der Waals surface area contributed by atoms with E-state index in [1.165, 1.54) is 31.1 Å². The van der Waals surface area contributed by atoms with Gasteiger partial charge in [-0.25, -0.2) is 4.79 Å². The highest BCUT2D eigenvalue weighted by molar-refractivity contribution is 5.96. The molecule has 1 heterocycles. The first-order valence-corrected chi connectivity index (χ1v) is 25.8. The molecule has 2 aromatic carbocycles. The van der Waals surface area contributed by atoms with Gasteiger partial charge >= 0.3 is 6.09 Å². The van der Waals surface area contributed by atoms with Crippen molar-refractivity contribution < 1.29 is 57.7 Å². The number of likely N-dealkylation sites (tertiary alicyclic amines) is 1. The average molecular weight is 1040 g/mol. The van der Waals surface area contributed by atoms with E-state index < -0.39 is 90.7 Å². The minimum Gasteiger partial charge on any atom is -0.445 e. The molecule has 20 heteroatoms. The van der Waals surface area contributed by atoms with Gasteiger partial charge in [-0.05, 0) is 60.8 Å². The van der Waals surface area contributed by atoms with Gasteiger partial charge in [-0.15, -0.1) is 0 Å². The Labute approximate surface area is 437 Å². The molecule has 0 aliphatic carbocycles. The van der Waals surface area contributed by atoms with Crippen molar-refractivity contribution in [3.63, 3.8) is 0 Å². The molecule has 3 rings (SSSR count). The first-order valence-electron chi connectivity index (χ1n) is 25.8. The number of hydrogen-bond donors (Lipinski definition) is 6. The fraction of sp³-hybridized carbons (Fsp3) is 0.630. The lowest BCUT2D eigenvalue weighted by Crippen LogP contribution is -2.56. The average Bonchev–Trinajstić information content (AvgIpc) is 3.87. The molecule has 74 heavy (non-hydrogen) atoms. The van der Waals surface area contributed by atoms with Crippen LogP contribution in [0.2, 0.25) is 0 Å². The summed E-state index contributed by atoms with van der Waals surface area (Å²) in [4.78, 5) is 110. The lowest BCUT2D eigenvalue weighted by molar-refractivity contribution is -0.146. The first kappa shape index (κ1) is 62.2. The maximum Gasteiger partial charge on any atom is 0.410 e. The maximum atomic E-state index is 14.2. The zero-order valence-electron chi connectivity index (χ0n) is 45.8. The number of benzene rings is 2. The number of methoxy groups -OCH3 is 2. The standard InChI is InChI=1S/C54H84N8O12/c1-14-34(7)48(41(72-12)28-44(65)62-27-19-22-40(62)50(73-13)35(8)51(68)57-36(9)49(67)38-20-17-16-18-21-38)60(10)45(66)30-56-53(70)47(33(5)6)61(11)54(71)74-31-37-23-25-39(26-24-37)58-43(64)29-55-52(69)46(32(3)4)59-42(63)15-2/h16-18,20-21,23-26,32-36,40-41,46-50,67H,14-15,19,22,27-31H2,1-13H3,(H,55,69)(H,56,70)(H,57,68)(H,58,64)(H,59,63)/t34-,35+,36+,40-,41+,46?,47?,48+,49+,50+/m0/s1. The maximum absolute atomic E-state index is 14.2. The highest BCUT2D eigenvalue weighted by atomic mass is 16.6. The van der Waals surface area contributed by atoms with Gasteiger partial charge in [0.05, 0.1) is 61.9 Å². The van der Waals surface area contributed by atoms with Crippen LogP contribution in [-0.2, 0) is 54.4 Å². The largest absolute Gasteiger partial charge is 0.445 e. The summed E-state index contributed by atoms with van der Waals surface area (Å²) in [5.41, 5.74) is 1.71. The van der Waals surface area contributed by atoms with Crippen LogP contribution >= 0.6 is 0 Å². The fourth-order valence-electron chi connectivity index (χ4n) is 9.35. The molecule has 6 N–H and O–H groups in total. The summed E-state index contributed by atoms with van der Waals surface area (Å²) >= 11 is 0. The Morgan fingerprint density at radius 2 is 1.39 bits per heavy atom. The van der Waals surface area contributed by atoms with Crippen LogP contribution in [0, 0.1) is 23.7 Å². The van der Waals surface area contributed by atoms with Gasteiger partial charge in [0.15, 0.2) is 0 Å². The van der Waals surface area contributed by atoms with Gasteiger partial charge in [0.1, 0.15) is 18.7 Å². The van der Waals surface area contributed by atoms with Crippen molar-refractivity contribution in [3.8, 4) is 0 Å². The van der Waals surface area contributed by atoms with E-state index >= 15 is 0 Å². The SMILES string of the molecule is CCC(=O)NC(C(=O)NCC(=O)Nc1ccc(COC(=O)N(C)C(C(=O)NCC(=O)N(C)[C@H]([C@@H](C)CC)[C@@H](CC(=O)N2CCC[C@H]2[C@H](OC)[C@@H](C)C(=O)N[C@H](C)[C@@H](O)c2ccccc2)OC)C(C)C)cc1)C(C)C. The second-order valence-corrected chi connectivity index (χ2v) is 20.0. The molecule has 412 valence electrons. The number of likely N-dealkylation sites (N-methyl/N-ethyl adjacent to an activating group) is 2. The van der Waals surface area contributed by atoms with Gasteiger partial charge in [-0.1, -0.05) is 104 Å². The molecule has 0 bridgehead atoms. The van der Waals surface area contributed by atoms with E-state index in [1.54, 1.807) is 96.8 Å². The molecule has 20 nitrogen and oxygen atoms in total. The number of aliphatic hydroxyl groups excluding tert-OH is 1. The lowest BCUT2D eigenvalue weighted by Gasteiger charge is -2.39. The Morgan fingerprint density at radius 1 is 0.757 bits per heavy atom. The van der Waals surface area contributed by atoms with Gasteiger partial charge in [0.2, 0.25) is 41.4 Å². The minimum absolute atomic E-state index is 0.0602. The number of nitrogens with one attached hydrogen (secondary N) is 5. The van der Waals surface area contributed by atoms with Crippen molar-refractivity contribution in [1.29, 1.82) is 0 Å². The summed E-state index contributed by atoms with van der Waals surface area (Å²) < 4.78 is 17.4. The predicted molar refractivity (Wildman–Crippen MR) is 280 cm³/mol. The molecule has 0 radical (unpaired) electrons. The van der Waals surface area contributed by atoms with Crippen LogP contribution in [0.15, 0.2) is 54.6 Å². The predicted octanol–water partition coefficient (Wildman–Crippen LogP) is 4.16. The summed E-state index contributed by atoms with van der Waals surface area (Å²) in [6.45, 7) is 15.8. The van der Waals surface area contributed by atoms with Crippen molar-refractivity contribution >= 4 is 53.1 Å². The monoisotopic (exact) mass is 1040 g/mol. The number of amides is 8. The number of carbonyl (C=O) groups excluding carboxylic acids is 8. The summed E-state index contributed by atoms with van der Waals surface area (Å²) in [6.07, 6.45) is -0.934. The van der Waals surface area contributed by atoms with Crippen molar-refractivity contribution in [1.82, 2.24) is 36.0 Å². The van der Waals surface area contributed by atoms with E-state index in [4.69, 9.17) is 14.2 Å². The van der Waals surface area contributed by atoms with Crippen molar-refractivity contribution in [2.24, 2.45) is 23.7 Å². The second kappa shape index (κ2) is 30.3. The second-order valence-electron chi connectivity index (χ2n) is 20.0. The smallest absolute Gasteiger partial charge is 0.410 e. The van der Waals surface area contributed by atoms with Crippen LogP contribution in [0.5, 0.6) is 0 Å². The molecule has 2 unspecified atom stereocenters. The molecule has 8 amide bonds. The Hall–Kier alpha value is -6.12. The van der Waals surface area contributed by atoms with E-state index in [0.717, 1.165) is 0 Å². The van der Waals surface area contributed by atoms with Gasteiger partial charge in [0.25, 0.3) is 0 Å². The van der Waals surface area contributed by atoms with Crippen LogP contribution in [0.25, 0.3) is 0 Å². The number of anilines is 1. The Kier molecular flexibility index (Phi) is 25.5. The number of rotatable bonds is 28. The van der Waals surface area contributed by atoms with E-state index in [9.17, 15) is 43.5 Å². The molecule has 0 spiro atoms. The Bertz CT molecular complexity index is 2160. The summed E-state index contributed by atoms with van der Waals surface area (Å²) in [6, 6.07) is 12.2. The summed E-state index contributed by atoms with van der Waals surface area (Å²) in [7, 11) is 6.06. The van der Waals surface area contributed by atoms with Crippen LogP contribution in [0.1, 0.15) is 112 Å². The Morgan fingerprint density at radius 3 is 1.96 bits per heavy atom. The zero-order chi connectivity index (χ0) is 55.4. The fourth-order valence-corrected chi connectivity index (χ4v) is 9.35. The van der Waals surface area contributed by atoms with Gasteiger partial charge in [0, 0.05) is 47.0 Å². The molecular formula is C54H84N8O12. The van der Waals surface area contributed by atoms with Crippen LogP contribution < -0.4 is 26.6 Å². The first-order chi connectivity index (χ1) is 35.0. The molecule has 1 saturated heterocycles. The van der Waals surface area contributed by atoms with Crippen molar-refractivity contribution in [3.05, 3.63) is 65.7 Å². The molecule has 10 atom stereocenters. The van der Waals surface area contributed by atoms with Crippen LogP contribution in [0.4, 0.5) is 10.5 Å². The molecule has 2 aromatic rings. The molecule has 1 aliphatic heterocycles. The molecule has 1 aliphatic rings. The quantitative estimate of drug-likeness (QED) is 0.0703. The molecule has 0 saturated carbocycles. The number of aliphatic hydroxyl groups is 1. The summed E-state index contributed by atoms with van der Waals surface area (Å²) in [5, 5.41) is 24.4. The molecule has 1 fully saturated rings. The van der Waals surface area contributed by atoms with E-state index in [1.807, 2.05) is 32.0 Å². The number of nitrogens with zero attached hydrogens (tertiary/aromatic N) is 3. The third-order valence-electron chi connectivity index (χ3n) is 13.9. The highest BCUT2D eigenvalue weighted by Gasteiger charge is 2.42. The molecular weight excluding hydrogens is 953 g/mol. The number of hydrogen-bond acceptors (Lipinski definition) is 12. The third-order valence-corrected chi connectivity index (χ3v) is 13.9. The zero-order valence-corrected chi connectivity index (χ0v) is 45.8. The summed E-state index contributed by atoms with van der Waals surface area (Å²) in [5.74, 6) is -4.10. The minimum atomic E-state index is -1.01. The van der Waals surface area contributed by atoms with E-state index in [-0.39, 0.29) is 61.5 Å². The van der Waals surface area contributed by atoms with Crippen molar-refractivity contribution in [2.45, 2.75) is 150 Å². The third kappa shape index (κ3) is 17.8. The van der Waals surface area contributed by atoms with E-state index in [0.29, 0.717) is 42.6 Å². The molecule has 0 aromatic heterocycles. The van der Waals surface area contributed by atoms with Crippen LogP contribution in [0.3, 0.4) is 0 Å². The topological polar surface area (TPSA) is 254 Å². The van der Waals surface area contributed by atoms with Gasteiger partial charge in [-0.3, -0.25) is 38.5 Å². The number of carbonyl (C=O) groups is 8. The van der Waals surface area contributed by atoms with Crippen LogP contribution in [-0.4, -0.2) is 158 Å².